The highest BCUT2D eigenvalue weighted by atomic mass is 19.3. The van der Waals surface area contributed by atoms with Gasteiger partial charge in [-0.25, -0.2) is 0 Å². The van der Waals surface area contributed by atoms with Gasteiger partial charge in [0.2, 0.25) is 0 Å². The van der Waals surface area contributed by atoms with Crippen molar-refractivity contribution in [3.05, 3.63) is 48.0 Å². The second-order valence-electron chi connectivity index (χ2n) is 5.04. The molecule has 0 aliphatic heterocycles. The Balaban J connectivity index is 2.21. The first-order valence-electron chi connectivity index (χ1n) is 7.71. The molecule has 0 aliphatic carbocycles. The summed E-state index contributed by atoms with van der Waals surface area (Å²) >= 11 is 0. The fourth-order valence-electron chi connectivity index (χ4n) is 2.11. The molecular weight excluding hydrogens is 332 g/mol. The standard InChI is InChI=1S/C18H19F2NO4/c1-3-10-24-14-7-5-4-6-13(14)21-17(22)12-8-9-15(23-2)16(11-12)25-18(19)20/h4-9,11,18H,3,10H2,1-2H3,(H,21,22). The van der Waals surface area contributed by atoms with Crippen molar-refractivity contribution < 1.29 is 27.8 Å². The lowest BCUT2D eigenvalue weighted by Gasteiger charge is -2.13. The number of hydrogen-bond acceptors (Lipinski definition) is 4. The summed E-state index contributed by atoms with van der Waals surface area (Å²) in [6, 6.07) is 11.0. The van der Waals surface area contributed by atoms with E-state index in [-0.39, 0.29) is 17.1 Å². The minimum atomic E-state index is -3.02. The van der Waals surface area contributed by atoms with Crippen LogP contribution in [0.3, 0.4) is 0 Å². The number of hydrogen-bond donors (Lipinski definition) is 1. The number of nitrogens with one attached hydrogen (secondary N) is 1. The van der Waals surface area contributed by atoms with Crippen molar-refractivity contribution in [1.29, 1.82) is 0 Å². The zero-order valence-corrected chi connectivity index (χ0v) is 13.9. The molecule has 0 aliphatic rings. The summed E-state index contributed by atoms with van der Waals surface area (Å²) in [5.74, 6) is -0.0335. The summed E-state index contributed by atoms with van der Waals surface area (Å²) in [6.45, 7) is -0.527. The van der Waals surface area contributed by atoms with Crippen LogP contribution in [0, 0.1) is 0 Å². The number of rotatable bonds is 8. The van der Waals surface area contributed by atoms with E-state index in [0.717, 1.165) is 6.42 Å². The lowest BCUT2D eigenvalue weighted by molar-refractivity contribution is -0.0512. The third-order valence-electron chi connectivity index (χ3n) is 3.24. The van der Waals surface area contributed by atoms with E-state index in [1.54, 1.807) is 24.3 Å². The zero-order chi connectivity index (χ0) is 18.2. The van der Waals surface area contributed by atoms with Crippen molar-refractivity contribution in [1.82, 2.24) is 0 Å². The molecule has 2 rings (SSSR count). The van der Waals surface area contributed by atoms with Gasteiger partial charge in [-0.05, 0) is 36.8 Å². The van der Waals surface area contributed by atoms with Crippen LogP contribution in [-0.2, 0) is 0 Å². The fourth-order valence-corrected chi connectivity index (χ4v) is 2.11. The van der Waals surface area contributed by atoms with E-state index in [1.165, 1.54) is 25.3 Å². The number of halogens is 2. The van der Waals surface area contributed by atoms with Crippen molar-refractivity contribution in [2.45, 2.75) is 20.0 Å². The first-order chi connectivity index (χ1) is 12.0. The van der Waals surface area contributed by atoms with Crippen molar-refractivity contribution in [2.24, 2.45) is 0 Å². The van der Waals surface area contributed by atoms with E-state index in [0.29, 0.717) is 18.0 Å². The number of para-hydroxylation sites is 2. The summed E-state index contributed by atoms with van der Waals surface area (Å²) in [4.78, 5) is 12.4. The number of alkyl halides is 2. The van der Waals surface area contributed by atoms with E-state index in [4.69, 9.17) is 9.47 Å². The SMILES string of the molecule is CCCOc1ccccc1NC(=O)c1ccc(OC)c(OC(F)F)c1. The summed E-state index contributed by atoms with van der Waals surface area (Å²) in [7, 11) is 1.33. The predicted molar refractivity (Wildman–Crippen MR) is 89.8 cm³/mol. The summed E-state index contributed by atoms with van der Waals surface area (Å²) < 4.78 is 39.9. The largest absolute Gasteiger partial charge is 0.493 e. The van der Waals surface area contributed by atoms with Crippen molar-refractivity contribution in [3.8, 4) is 17.2 Å². The first kappa shape index (κ1) is 18.5. The van der Waals surface area contributed by atoms with Crippen LogP contribution in [0.2, 0.25) is 0 Å². The number of ether oxygens (including phenoxy) is 3. The second-order valence-corrected chi connectivity index (χ2v) is 5.04. The minimum absolute atomic E-state index is 0.114. The van der Waals surface area contributed by atoms with Gasteiger partial charge in [-0.2, -0.15) is 8.78 Å². The lowest BCUT2D eigenvalue weighted by atomic mass is 10.1. The van der Waals surface area contributed by atoms with Crippen LogP contribution in [0.4, 0.5) is 14.5 Å². The number of benzene rings is 2. The van der Waals surface area contributed by atoms with Crippen molar-refractivity contribution in [2.75, 3.05) is 19.0 Å². The highest BCUT2D eigenvalue weighted by Crippen LogP contribution is 2.30. The van der Waals surface area contributed by atoms with Gasteiger partial charge in [0.15, 0.2) is 11.5 Å². The number of anilines is 1. The Hall–Kier alpha value is -2.83. The maximum atomic E-state index is 12.5. The molecule has 0 heterocycles. The molecule has 0 saturated heterocycles. The Morgan fingerprint density at radius 1 is 1.12 bits per heavy atom. The van der Waals surface area contributed by atoms with E-state index >= 15 is 0 Å². The van der Waals surface area contributed by atoms with Gasteiger partial charge in [-0.3, -0.25) is 4.79 Å². The Labute approximate surface area is 144 Å². The Morgan fingerprint density at radius 2 is 1.88 bits per heavy atom. The molecule has 134 valence electrons. The molecule has 0 unspecified atom stereocenters. The van der Waals surface area contributed by atoms with Gasteiger partial charge in [0, 0.05) is 5.56 Å². The predicted octanol–water partition coefficient (Wildman–Crippen LogP) is 4.34. The van der Waals surface area contributed by atoms with Gasteiger partial charge in [0.25, 0.3) is 5.91 Å². The molecule has 0 atom stereocenters. The summed E-state index contributed by atoms with van der Waals surface area (Å²) in [5.41, 5.74) is 0.648. The molecule has 0 aromatic heterocycles. The molecule has 0 spiro atoms. The molecule has 1 amide bonds. The Morgan fingerprint density at radius 3 is 2.56 bits per heavy atom. The van der Waals surface area contributed by atoms with Gasteiger partial charge in [-0.1, -0.05) is 19.1 Å². The summed E-state index contributed by atoms with van der Waals surface area (Å²) in [5, 5.41) is 2.71. The number of carbonyl (C=O) groups excluding carboxylic acids is 1. The maximum Gasteiger partial charge on any atom is 0.387 e. The normalized spacial score (nSPS) is 10.4. The third-order valence-corrected chi connectivity index (χ3v) is 3.24. The van der Waals surface area contributed by atoms with Gasteiger partial charge in [0.05, 0.1) is 19.4 Å². The Kier molecular flexibility index (Phi) is 6.56. The average Bonchev–Trinajstić information content (AvgIpc) is 2.60. The quantitative estimate of drug-likeness (QED) is 0.769. The molecule has 2 aromatic rings. The van der Waals surface area contributed by atoms with Crippen LogP contribution in [0.25, 0.3) is 0 Å². The van der Waals surface area contributed by atoms with Gasteiger partial charge in [-0.15, -0.1) is 0 Å². The highest BCUT2D eigenvalue weighted by Gasteiger charge is 2.15. The molecule has 2 aromatic carbocycles. The van der Waals surface area contributed by atoms with E-state index in [2.05, 4.69) is 10.1 Å². The van der Waals surface area contributed by atoms with Crippen LogP contribution in [0.1, 0.15) is 23.7 Å². The molecule has 0 saturated carbocycles. The molecule has 5 nitrogen and oxygen atoms in total. The molecule has 25 heavy (non-hydrogen) atoms. The maximum absolute atomic E-state index is 12.5. The van der Waals surface area contributed by atoms with Gasteiger partial charge < -0.3 is 19.5 Å². The van der Waals surface area contributed by atoms with Crippen LogP contribution in [0.5, 0.6) is 17.2 Å². The molecule has 0 radical (unpaired) electrons. The molecular formula is C18H19F2NO4. The average molecular weight is 351 g/mol. The van der Waals surface area contributed by atoms with Crippen LogP contribution < -0.4 is 19.5 Å². The smallest absolute Gasteiger partial charge is 0.387 e. The Bertz CT molecular complexity index is 722. The number of methoxy groups -OCH3 is 1. The summed E-state index contributed by atoms with van der Waals surface area (Å²) in [6.07, 6.45) is 0.828. The van der Waals surface area contributed by atoms with Crippen LogP contribution in [0.15, 0.2) is 42.5 Å². The molecule has 7 heteroatoms. The van der Waals surface area contributed by atoms with E-state index < -0.39 is 12.5 Å². The number of carbonyl (C=O) groups is 1. The van der Waals surface area contributed by atoms with Gasteiger partial charge >= 0.3 is 6.61 Å². The van der Waals surface area contributed by atoms with Crippen LogP contribution in [-0.4, -0.2) is 26.2 Å². The topological polar surface area (TPSA) is 56.8 Å². The second kappa shape index (κ2) is 8.86. The highest BCUT2D eigenvalue weighted by molar-refractivity contribution is 6.05. The molecule has 0 fully saturated rings. The van der Waals surface area contributed by atoms with Gasteiger partial charge in [0.1, 0.15) is 5.75 Å². The van der Waals surface area contributed by atoms with Crippen LogP contribution >= 0.6 is 0 Å². The molecule has 1 N–H and O–H groups in total. The minimum Gasteiger partial charge on any atom is -0.493 e. The monoisotopic (exact) mass is 351 g/mol. The zero-order valence-electron chi connectivity index (χ0n) is 13.9. The lowest BCUT2D eigenvalue weighted by Crippen LogP contribution is -2.14. The van der Waals surface area contributed by atoms with Crippen molar-refractivity contribution >= 4 is 11.6 Å². The van der Waals surface area contributed by atoms with Crippen molar-refractivity contribution in [3.63, 3.8) is 0 Å². The number of amides is 1. The molecule has 0 bridgehead atoms. The van der Waals surface area contributed by atoms with E-state index in [9.17, 15) is 13.6 Å². The fraction of sp³-hybridized carbons (Fsp3) is 0.278. The van der Waals surface area contributed by atoms with E-state index in [1.807, 2.05) is 6.92 Å². The first-order valence-corrected chi connectivity index (χ1v) is 7.71. The third kappa shape index (κ3) is 5.07.